The lowest BCUT2D eigenvalue weighted by atomic mass is 10.1. The van der Waals surface area contributed by atoms with Crippen LogP contribution in [0.25, 0.3) is 0 Å². The third-order valence-corrected chi connectivity index (χ3v) is 5.89. The van der Waals surface area contributed by atoms with E-state index >= 15 is 0 Å². The number of ketones is 1. The first-order chi connectivity index (χ1) is 9.48. The molecular formula is C16H18O3S. The Labute approximate surface area is 119 Å². The Bertz CT molecular complexity index is 654. The van der Waals surface area contributed by atoms with Crippen molar-refractivity contribution in [3.8, 4) is 0 Å². The molecule has 0 bridgehead atoms. The summed E-state index contributed by atoms with van der Waals surface area (Å²) in [6.07, 6.45) is 2.89. The number of carbonyl (C=O) groups is 1. The van der Waals surface area contributed by atoms with E-state index in [1.165, 1.54) is 0 Å². The maximum Gasteiger partial charge on any atom is 0.185 e. The van der Waals surface area contributed by atoms with Gasteiger partial charge in [-0.25, -0.2) is 8.42 Å². The monoisotopic (exact) mass is 290 g/mol. The van der Waals surface area contributed by atoms with Crippen molar-refractivity contribution in [2.45, 2.75) is 36.3 Å². The standard InChI is InChI=1S/C16H18O3S/c1-3-7-16(14-10-11-15(17)12(14)2)20(18,19)13-8-5-4-6-9-13/h3-6,8-9,16H,1,7,10-11H2,2H3. The Kier molecular flexibility index (Phi) is 4.23. The van der Waals surface area contributed by atoms with Crippen molar-refractivity contribution in [2.75, 3.05) is 0 Å². The van der Waals surface area contributed by atoms with Gasteiger partial charge in [-0.05, 0) is 43.0 Å². The average Bonchev–Trinajstić information content (AvgIpc) is 2.77. The highest BCUT2D eigenvalue weighted by Gasteiger charge is 2.34. The minimum atomic E-state index is -3.48. The lowest BCUT2D eigenvalue weighted by Crippen LogP contribution is -2.23. The summed E-state index contributed by atoms with van der Waals surface area (Å²) in [4.78, 5) is 12.0. The number of hydrogen-bond acceptors (Lipinski definition) is 3. The Morgan fingerprint density at radius 2 is 1.90 bits per heavy atom. The fourth-order valence-electron chi connectivity index (χ4n) is 2.59. The topological polar surface area (TPSA) is 51.2 Å². The van der Waals surface area contributed by atoms with Crippen LogP contribution in [0.2, 0.25) is 0 Å². The maximum atomic E-state index is 12.8. The Morgan fingerprint density at radius 1 is 1.25 bits per heavy atom. The van der Waals surface area contributed by atoms with Gasteiger partial charge in [0.15, 0.2) is 15.6 Å². The number of benzene rings is 1. The molecule has 1 aliphatic rings. The summed E-state index contributed by atoms with van der Waals surface area (Å²) in [5.74, 6) is 0.0531. The van der Waals surface area contributed by atoms with Gasteiger partial charge >= 0.3 is 0 Å². The molecule has 0 saturated carbocycles. The molecule has 0 heterocycles. The highest BCUT2D eigenvalue weighted by molar-refractivity contribution is 7.92. The van der Waals surface area contributed by atoms with Crippen molar-refractivity contribution >= 4 is 15.6 Å². The van der Waals surface area contributed by atoms with Gasteiger partial charge in [0.2, 0.25) is 0 Å². The van der Waals surface area contributed by atoms with E-state index in [1.807, 2.05) is 0 Å². The quantitative estimate of drug-likeness (QED) is 0.783. The van der Waals surface area contributed by atoms with E-state index in [0.717, 1.165) is 5.57 Å². The molecule has 0 spiro atoms. The van der Waals surface area contributed by atoms with Gasteiger partial charge in [0.05, 0.1) is 10.1 Å². The SMILES string of the molecule is C=CCC(C1=C(C)C(=O)CC1)S(=O)(=O)c1ccccc1. The van der Waals surface area contributed by atoms with Crippen molar-refractivity contribution in [3.05, 3.63) is 54.1 Å². The normalized spacial score (nSPS) is 17.4. The van der Waals surface area contributed by atoms with E-state index in [9.17, 15) is 13.2 Å². The molecule has 4 heteroatoms. The summed E-state index contributed by atoms with van der Waals surface area (Å²) in [6, 6.07) is 8.39. The van der Waals surface area contributed by atoms with E-state index in [1.54, 1.807) is 43.3 Å². The summed E-state index contributed by atoms with van der Waals surface area (Å²) in [6.45, 7) is 5.37. The third kappa shape index (κ3) is 2.61. The molecule has 0 fully saturated rings. The van der Waals surface area contributed by atoms with E-state index in [-0.39, 0.29) is 5.78 Å². The van der Waals surface area contributed by atoms with Crippen molar-refractivity contribution in [1.29, 1.82) is 0 Å². The third-order valence-electron chi connectivity index (χ3n) is 3.74. The molecule has 1 atom stereocenters. The average molecular weight is 290 g/mol. The summed E-state index contributed by atoms with van der Waals surface area (Å²) in [5.41, 5.74) is 1.36. The summed E-state index contributed by atoms with van der Waals surface area (Å²) >= 11 is 0. The van der Waals surface area contributed by atoms with Crippen molar-refractivity contribution in [3.63, 3.8) is 0 Å². The first-order valence-corrected chi connectivity index (χ1v) is 8.15. The van der Waals surface area contributed by atoms with Gasteiger partial charge in [0, 0.05) is 6.42 Å². The zero-order valence-electron chi connectivity index (χ0n) is 11.5. The molecule has 0 saturated heterocycles. The van der Waals surface area contributed by atoms with Crippen LogP contribution < -0.4 is 0 Å². The molecule has 1 aromatic rings. The predicted molar refractivity (Wildman–Crippen MR) is 79.2 cm³/mol. The van der Waals surface area contributed by atoms with Crippen LogP contribution in [-0.2, 0) is 14.6 Å². The smallest absolute Gasteiger partial charge is 0.185 e. The van der Waals surface area contributed by atoms with E-state index in [0.29, 0.717) is 29.7 Å². The minimum Gasteiger partial charge on any atom is -0.295 e. The van der Waals surface area contributed by atoms with Gasteiger partial charge in [-0.3, -0.25) is 4.79 Å². The van der Waals surface area contributed by atoms with Crippen molar-refractivity contribution in [1.82, 2.24) is 0 Å². The van der Waals surface area contributed by atoms with Gasteiger partial charge in [0.25, 0.3) is 0 Å². The Balaban J connectivity index is 2.50. The summed E-state index contributed by atoms with van der Waals surface area (Å²) in [5, 5.41) is -0.672. The van der Waals surface area contributed by atoms with Gasteiger partial charge in [-0.2, -0.15) is 0 Å². The van der Waals surface area contributed by atoms with Gasteiger partial charge < -0.3 is 0 Å². The second-order valence-corrected chi connectivity index (χ2v) is 7.07. The van der Waals surface area contributed by atoms with Crippen LogP contribution in [0, 0.1) is 0 Å². The number of Topliss-reactive ketones (excluding diaryl/α,β-unsaturated/α-hetero) is 1. The minimum absolute atomic E-state index is 0.0531. The van der Waals surface area contributed by atoms with Crippen LogP contribution in [0.15, 0.2) is 59.0 Å². The molecule has 0 aliphatic heterocycles. The van der Waals surface area contributed by atoms with Crippen LogP contribution in [0.5, 0.6) is 0 Å². The molecule has 106 valence electrons. The second kappa shape index (κ2) is 5.75. The largest absolute Gasteiger partial charge is 0.295 e. The number of hydrogen-bond donors (Lipinski definition) is 0. The Hall–Kier alpha value is -1.68. The zero-order valence-corrected chi connectivity index (χ0v) is 12.3. The number of sulfone groups is 1. The fraction of sp³-hybridized carbons (Fsp3) is 0.312. The highest BCUT2D eigenvalue weighted by Crippen LogP contribution is 2.33. The van der Waals surface area contributed by atoms with Gasteiger partial charge in [-0.15, -0.1) is 6.58 Å². The lowest BCUT2D eigenvalue weighted by Gasteiger charge is -2.18. The van der Waals surface area contributed by atoms with Crippen LogP contribution >= 0.6 is 0 Å². The Morgan fingerprint density at radius 3 is 2.40 bits per heavy atom. The molecule has 1 aromatic carbocycles. The van der Waals surface area contributed by atoms with E-state index < -0.39 is 15.1 Å². The molecule has 3 nitrogen and oxygen atoms in total. The summed E-state index contributed by atoms with van der Waals surface area (Å²) < 4.78 is 25.5. The molecule has 2 rings (SSSR count). The van der Waals surface area contributed by atoms with Crippen LogP contribution in [-0.4, -0.2) is 19.5 Å². The maximum absolute atomic E-state index is 12.8. The lowest BCUT2D eigenvalue weighted by molar-refractivity contribution is -0.114. The molecule has 1 unspecified atom stereocenters. The zero-order chi connectivity index (χ0) is 14.8. The van der Waals surface area contributed by atoms with Crippen LogP contribution in [0.1, 0.15) is 26.2 Å². The van der Waals surface area contributed by atoms with E-state index in [2.05, 4.69) is 6.58 Å². The summed E-state index contributed by atoms with van der Waals surface area (Å²) in [7, 11) is -3.48. The molecule has 0 aromatic heterocycles. The second-order valence-electron chi connectivity index (χ2n) is 4.94. The molecule has 0 radical (unpaired) electrons. The number of carbonyl (C=O) groups excluding carboxylic acids is 1. The molecule has 1 aliphatic carbocycles. The first kappa shape index (κ1) is 14.7. The number of rotatable bonds is 5. The molecule has 20 heavy (non-hydrogen) atoms. The van der Waals surface area contributed by atoms with E-state index in [4.69, 9.17) is 0 Å². The molecular weight excluding hydrogens is 272 g/mol. The van der Waals surface area contributed by atoms with Gasteiger partial charge in [-0.1, -0.05) is 24.3 Å². The number of allylic oxidation sites excluding steroid dienone is 2. The predicted octanol–water partition coefficient (Wildman–Crippen LogP) is 3.08. The van der Waals surface area contributed by atoms with Crippen LogP contribution in [0.3, 0.4) is 0 Å². The first-order valence-electron chi connectivity index (χ1n) is 6.61. The fourth-order valence-corrected chi connectivity index (χ4v) is 4.51. The van der Waals surface area contributed by atoms with Gasteiger partial charge in [0.1, 0.15) is 0 Å². The van der Waals surface area contributed by atoms with Crippen molar-refractivity contribution < 1.29 is 13.2 Å². The molecule has 0 N–H and O–H groups in total. The van der Waals surface area contributed by atoms with Crippen LogP contribution in [0.4, 0.5) is 0 Å². The van der Waals surface area contributed by atoms with Crippen molar-refractivity contribution in [2.24, 2.45) is 0 Å². The highest BCUT2D eigenvalue weighted by atomic mass is 32.2. The molecule has 0 amide bonds.